The average Bonchev–Trinajstić information content (AvgIpc) is 2.84. The number of carboxylic acids is 2. The molecular weight excluding hydrogens is 521 g/mol. The highest BCUT2D eigenvalue weighted by Crippen LogP contribution is 2.28. The second-order valence-electron chi connectivity index (χ2n) is 6.68. The molecule has 36 heavy (non-hydrogen) atoms. The number of carbonyl (C=O) groups is 2. The molecule has 2 heterocycles. The first-order chi connectivity index (χ1) is 17.2. The van der Waals surface area contributed by atoms with Crippen LogP contribution in [0.2, 0.25) is 10.0 Å². The SMILES string of the molecule is O=C(O)c1cccnc1Oc1ccc(F)c(Cl)c1.O=C(O)c1cccnc1Oc1ccc(F)c(Cl)c1. The van der Waals surface area contributed by atoms with Crippen LogP contribution in [0.5, 0.6) is 23.3 Å². The van der Waals surface area contributed by atoms with E-state index in [1.54, 1.807) is 0 Å². The van der Waals surface area contributed by atoms with E-state index in [0.29, 0.717) is 0 Å². The maximum absolute atomic E-state index is 12.9. The molecule has 2 aromatic heterocycles. The molecule has 0 aliphatic rings. The monoisotopic (exact) mass is 534 g/mol. The Kier molecular flexibility index (Phi) is 8.71. The number of halogens is 4. The van der Waals surface area contributed by atoms with Crippen molar-refractivity contribution in [3.8, 4) is 23.3 Å². The Morgan fingerprint density at radius 2 is 1.08 bits per heavy atom. The molecule has 0 spiro atoms. The molecule has 0 aliphatic heterocycles. The van der Waals surface area contributed by atoms with Crippen molar-refractivity contribution >= 4 is 35.1 Å². The van der Waals surface area contributed by atoms with Gasteiger partial charge in [0, 0.05) is 24.5 Å². The van der Waals surface area contributed by atoms with E-state index < -0.39 is 23.6 Å². The molecule has 2 N–H and O–H groups in total. The quantitative estimate of drug-likeness (QED) is 0.279. The van der Waals surface area contributed by atoms with Gasteiger partial charge in [0.25, 0.3) is 0 Å². The molecule has 4 rings (SSSR count). The molecule has 0 radical (unpaired) electrons. The third-order valence-corrected chi connectivity index (χ3v) is 4.79. The largest absolute Gasteiger partial charge is 0.477 e. The topological polar surface area (TPSA) is 119 Å². The predicted molar refractivity (Wildman–Crippen MR) is 125 cm³/mol. The fraction of sp³-hybridized carbons (Fsp3) is 0. The van der Waals surface area contributed by atoms with Crippen LogP contribution in [0.1, 0.15) is 20.7 Å². The third-order valence-electron chi connectivity index (χ3n) is 4.21. The minimum absolute atomic E-state index is 0.0762. The second kappa shape index (κ2) is 11.9. The van der Waals surface area contributed by atoms with E-state index in [4.69, 9.17) is 42.9 Å². The van der Waals surface area contributed by atoms with Gasteiger partial charge in [-0.05, 0) is 48.5 Å². The molecule has 0 aliphatic carbocycles. The molecule has 184 valence electrons. The summed E-state index contributed by atoms with van der Waals surface area (Å²) in [5, 5.41) is 17.7. The van der Waals surface area contributed by atoms with Crippen molar-refractivity contribution in [2.45, 2.75) is 0 Å². The maximum Gasteiger partial charge on any atom is 0.341 e. The summed E-state index contributed by atoms with van der Waals surface area (Å²) >= 11 is 11.2. The van der Waals surface area contributed by atoms with Crippen LogP contribution >= 0.6 is 23.2 Å². The molecule has 0 atom stereocenters. The molecule has 12 heteroatoms. The normalized spacial score (nSPS) is 10.1. The number of aromatic nitrogens is 2. The number of hydrogen-bond acceptors (Lipinski definition) is 6. The van der Waals surface area contributed by atoms with Gasteiger partial charge in [-0.1, -0.05) is 23.2 Å². The van der Waals surface area contributed by atoms with Crippen LogP contribution in [-0.2, 0) is 0 Å². The van der Waals surface area contributed by atoms with E-state index in [0.717, 1.165) is 12.1 Å². The first kappa shape index (κ1) is 26.3. The number of pyridine rings is 2. The standard InChI is InChI=1S/2C12H7ClFNO3/c2*13-9-6-7(3-4-10(9)14)18-11-8(12(16)17)2-1-5-15-11/h2*1-6H,(H,16,17). The van der Waals surface area contributed by atoms with Gasteiger partial charge < -0.3 is 19.7 Å². The van der Waals surface area contributed by atoms with Gasteiger partial charge in [-0.15, -0.1) is 0 Å². The van der Waals surface area contributed by atoms with Crippen molar-refractivity contribution in [2.75, 3.05) is 0 Å². The Bertz CT molecular complexity index is 1310. The van der Waals surface area contributed by atoms with Crippen LogP contribution in [0.25, 0.3) is 0 Å². The summed E-state index contributed by atoms with van der Waals surface area (Å²) in [5.41, 5.74) is -0.170. The van der Waals surface area contributed by atoms with E-state index in [9.17, 15) is 18.4 Å². The highest BCUT2D eigenvalue weighted by Gasteiger charge is 2.14. The molecule has 0 saturated heterocycles. The van der Waals surface area contributed by atoms with Gasteiger partial charge in [0.2, 0.25) is 11.8 Å². The Hall–Kier alpha value is -4.28. The van der Waals surface area contributed by atoms with E-state index in [1.807, 2.05) is 0 Å². The van der Waals surface area contributed by atoms with Crippen molar-refractivity contribution in [1.29, 1.82) is 0 Å². The lowest BCUT2D eigenvalue weighted by Gasteiger charge is -2.07. The lowest BCUT2D eigenvalue weighted by atomic mass is 10.3. The number of benzene rings is 2. The Morgan fingerprint density at radius 3 is 1.42 bits per heavy atom. The fourth-order valence-electron chi connectivity index (χ4n) is 2.57. The summed E-state index contributed by atoms with van der Waals surface area (Å²) in [6, 6.07) is 13.1. The molecule has 0 unspecified atom stereocenters. The summed E-state index contributed by atoms with van der Waals surface area (Å²) < 4.78 is 36.4. The van der Waals surface area contributed by atoms with Crippen molar-refractivity contribution < 1.29 is 38.1 Å². The van der Waals surface area contributed by atoms with Crippen LogP contribution in [0.15, 0.2) is 73.1 Å². The van der Waals surface area contributed by atoms with Gasteiger partial charge >= 0.3 is 11.9 Å². The highest BCUT2D eigenvalue weighted by molar-refractivity contribution is 6.31. The van der Waals surface area contributed by atoms with Gasteiger partial charge in [-0.25, -0.2) is 28.3 Å². The number of hydrogen-bond donors (Lipinski definition) is 2. The molecule has 0 amide bonds. The Labute approximate surface area is 212 Å². The van der Waals surface area contributed by atoms with Gasteiger partial charge in [0.1, 0.15) is 34.3 Å². The summed E-state index contributed by atoms with van der Waals surface area (Å²) in [7, 11) is 0. The van der Waals surface area contributed by atoms with E-state index in [-0.39, 0.29) is 44.4 Å². The van der Waals surface area contributed by atoms with Crippen LogP contribution in [0.4, 0.5) is 8.78 Å². The number of ether oxygens (including phenoxy) is 2. The van der Waals surface area contributed by atoms with E-state index in [2.05, 4.69) is 9.97 Å². The van der Waals surface area contributed by atoms with Crippen molar-refractivity contribution in [3.05, 3.63) is 106 Å². The molecule has 0 fully saturated rings. The second-order valence-corrected chi connectivity index (χ2v) is 7.49. The molecule has 4 aromatic rings. The lowest BCUT2D eigenvalue weighted by Crippen LogP contribution is -2.01. The fourth-order valence-corrected chi connectivity index (χ4v) is 2.91. The zero-order valence-corrected chi connectivity index (χ0v) is 19.4. The number of rotatable bonds is 6. The van der Waals surface area contributed by atoms with Crippen LogP contribution in [0, 0.1) is 11.6 Å². The number of nitrogens with zero attached hydrogens (tertiary/aromatic N) is 2. The van der Waals surface area contributed by atoms with Crippen LogP contribution < -0.4 is 9.47 Å². The average molecular weight is 535 g/mol. The van der Waals surface area contributed by atoms with Crippen LogP contribution in [-0.4, -0.2) is 32.1 Å². The van der Waals surface area contributed by atoms with Crippen molar-refractivity contribution in [1.82, 2.24) is 9.97 Å². The van der Waals surface area contributed by atoms with Gasteiger partial charge in [-0.3, -0.25) is 0 Å². The maximum atomic E-state index is 12.9. The van der Waals surface area contributed by atoms with Crippen LogP contribution in [0.3, 0.4) is 0 Å². The predicted octanol–water partition coefficient (Wildman–Crippen LogP) is 6.73. The zero-order valence-electron chi connectivity index (χ0n) is 17.9. The van der Waals surface area contributed by atoms with E-state index in [1.165, 1.54) is 60.9 Å². The minimum atomic E-state index is -1.16. The molecule has 8 nitrogen and oxygen atoms in total. The van der Waals surface area contributed by atoms with Gasteiger partial charge in [0.15, 0.2) is 0 Å². The number of carboxylic acid groups (broad SMARTS) is 2. The summed E-state index contributed by atoms with van der Waals surface area (Å²) in [6.07, 6.45) is 2.79. The number of aromatic carboxylic acids is 2. The lowest BCUT2D eigenvalue weighted by molar-refractivity contribution is 0.0682. The van der Waals surface area contributed by atoms with Crippen molar-refractivity contribution in [2.24, 2.45) is 0 Å². The van der Waals surface area contributed by atoms with Gasteiger partial charge in [0.05, 0.1) is 10.0 Å². The first-order valence-electron chi connectivity index (χ1n) is 9.78. The minimum Gasteiger partial charge on any atom is -0.477 e. The molecule has 0 bridgehead atoms. The zero-order chi connectivity index (χ0) is 26.2. The van der Waals surface area contributed by atoms with Gasteiger partial charge in [-0.2, -0.15) is 0 Å². The highest BCUT2D eigenvalue weighted by atomic mass is 35.5. The summed E-state index contributed by atoms with van der Waals surface area (Å²) in [6.45, 7) is 0. The smallest absolute Gasteiger partial charge is 0.341 e. The first-order valence-corrected chi connectivity index (χ1v) is 10.5. The Morgan fingerprint density at radius 1 is 0.694 bits per heavy atom. The molecule has 0 saturated carbocycles. The molecular formula is C24H14Cl2F2N2O6. The van der Waals surface area contributed by atoms with Crippen molar-refractivity contribution in [3.63, 3.8) is 0 Å². The Balaban J connectivity index is 0.000000201. The summed E-state index contributed by atoms with van der Waals surface area (Å²) in [4.78, 5) is 29.5. The summed E-state index contributed by atoms with van der Waals surface area (Å²) in [5.74, 6) is -3.21. The van der Waals surface area contributed by atoms with E-state index >= 15 is 0 Å². The molecule has 2 aromatic carbocycles. The third kappa shape index (κ3) is 6.87.